The van der Waals surface area contributed by atoms with E-state index < -0.39 is 161 Å². The van der Waals surface area contributed by atoms with E-state index in [1.165, 1.54) is 0 Å². The normalized spacial score (nSPS) is 13.7. The van der Waals surface area contributed by atoms with Gasteiger partial charge in [-0.25, -0.2) is 24.0 Å². The molecule has 33 nitrogen and oxygen atoms in total. The van der Waals surface area contributed by atoms with E-state index in [9.17, 15) is 43.5 Å². The van der Waals surface area contributed by atoms with Crippen molar-refractivity contribution in [1.29, 1.82) is 0 Å². The summed E-state index contributed by atoms with van der Waals surface area (Å²) in [6.45, 7) is 19.4. The van der Waals surface area contributed by atoms with Crippen LogP contribution in [0.25, 0.3) is 0 Å². The van der Waals surface area contributed by atoms with Crippen molar-refractivity contribution in [3.63, 3.8) is 0 Å². The molecule has 10 atom stereocenters. The van der Waals surface area contributed by atoms with Gasteiger partial charge in [0.05, 0.1) is 12.1 Å². The number of unbranched alkanes of at least 4 members (excludes halogenated alkanes) is 4. The van der Waals surface area contributed by atoms with E-state index in [2.05, 4.69) is 69.1 Å². The Morgan fingerprint density at radius 2 is 0.462 bits per heavy atom. The summed E-state index contributed by atoms with van der Waals surface area (Å²) < 4.78 is 21.4. The number of alkyl carbamates (subject to hydrolysis) is 4. The van der Waals surface area contributed by atoms with E-state index >= 15 is 28.8 Å². The molecule has 6 aromatic rings. The number of benzene rings is 6. The molecular weight excluding hydrogens is 1670 g/mol. The highest BCUT2D eigenvalue weighted by atomic mass is 16.6. The first kappa shape index (κ1) is 106. The lowest BCUT2D eigenvalue weighted by atomic mass is 10.00. The average Bonchev–Trinajstić information content (AvgIpc) is 0.843. The number of aliphatic carboxylic acids is 1. The van der Waals surface area contributed by atoms with Crippen LogP contribution in [0, 0.1) is 0 Å². The summed E-state index contributed by atoms with van der Waals surface area (Å²) in [6, 6.07) is 37.8. The van der Waals surface area contributed by atoms with Gasteiger partial charge >= 0.3 is 30.3 Å². The van der Waals surface area contributed by atoms with Crippen molar-refractivity contribution >= 4 is 83.5 Å². The van der Waals surface area contributed by atoms with Crippen LogP contribution < -0.4 is 74.9 Å². The lowest BCUT2D eigenvalue weighted by Crippen LogP contribution is -2.61. The molecule has 0 saturated heterocycles. The van der Waals surface area contributed by atoms with Gasteiger partial charge in [0, 0.05) is 64.7 Å². The second kappa shape index (κ2) is 55.1. The van der Waals surface area contributed by atoms with Gasteiger partial charge in [-0.1, -0.05) is 182 Å². The number of carboxylic acids is 1. The molecule has 706 valence electrons. The molecule has 0 aliphatic rings. The number of amides is 13. The molecule has 0 radical (unpaired) electrons. The van der Waals surface area contributed by atoms with Crippen molar-refractivity contribution < 1.29 is 91.2 Å². The lowest BCUT2D eigenvalue weighted by Gasteiger charge is -2.29. The lowest BCUT2D eigenvalue weighted by molar-refractivity contribution is -0.142. The molecule has 6 rings (SSSR count). The van der Waals surface area contributed by atoms with Crippen molar-refractivity contribution in [1.82, 2.24) is 69.1 Å². The molecule has 0 unspecified atom stereocenters. The maximum atomic E-state index is 15.6. The van der Waals surface area contributed by atoms with Crippen LogP contribution in [0.4, 0.5) is 19.2 Å². The van der Waals surface area contributed by atoms with Crippen LogP contribution in [0.5, 0.6) is 0 Å². The first-order valence-corrected chi connectivity index (χ1v) is 44.6. The minimum absolute atomic E-state index is 0.0416. The summed E-state index contributed by atoms with van der Waals surface area (Å²) >= 11 is 0. The fourth-order valence-corrected chi connectivity index (χ4v) is 13.6. The summed E-state index contributed by atoms with van der Waals surface area (Å²) in [5, 5.41) is 46.5. The molecule has 0 heterocycles. The number of carboxylic acid groups (broad SMARTS) is 1. The van der Waals surface area contributed by atoms with Crippen LogP contribution in [0.2, 0.25) is 0 Å². The summed E-state index contributed by atoms with van der Waals surface area (Å²) in [5.41, 5.74) is 7.58. The minimum atomic E-state index is -1.55. The zero-order chi connectivity index (χ0) is 95.2. The third kappa shape index (κ3) is 43.2. The molecular formula is C97H134N14O19. The largest absolute Gasteiger partial charge is 0.480 e. The van der Waals surface area contributed by atoms with E-state index in [-0.39, 0.29) is 129 Å². The Labute approximate surface area is 762 Å². The monoisotopic (exact) mass is 1800 g/mol. The van der Waals surface area contributed by atoms with Crippen LogP contribution in [0.1, 0.15) is 187 Å². The smallest absolute Gasteiger partial charge is 0.407 e. The quantitative estimate of drug-likeness (QED) is 0.0125. The number of nitrogens with one attached hydrogen (secondary N) is 13. The molecule has 0 saturated carbocycles. The highest BCUT2D eigenvalue weighted by Crippen LogP contribution is 2.18. The van der Waals surface area contributed by atoms with Gasteiger partial charge in [-0.15, -0.1) is 0 Å². The summed E-state index contributed by atoms with van der Waals surface area (Å²) in [7, 11) is 0. The molecule has 0 bridgehead atoms. The number of carbonyl (C=O) groups is 14. The highest BCUT2D eigenvalue weighted by Gasteiger charge is 2.38. The number of hydrogen-bond donors (Lipinski definition) is 15. The maximum absolute atomic E-state index is 15.6. The Bertz CT molecular complexity index is 4560. The Kier molecular flexibility index (Phi) is 44.8. The predicted molar refractivity (Wildman–Crippen MR) is 492 cm³/mol. The van der Waals surface area contributed by atoms with Gasteiger partial charge in [-0.2, -0.15) is 0 Å². The van der Waals surface area contributed by atoms with Crippen molar-refractivity contribution in [2.75, 3.05) is 26.2 Å². The molecule has 130 heavy (non-hydrogen) atoms. The minimum Gasteiger partial charge on any atom is -0.480 e. The van der Waals surface area contributed by atoms with Crippen LogP contribution in [-0.2, 0) is 105 Å². The van der Waals surface area contributed by atoms with Gasteiger partial charge in [-0.3, -0.25) is 43.2 Å². The van der Waals surface area contributed by atoms with E-state index in [4.69, 9.17) is 24.7 Å². The van der Waals surface area contributed by atoms with Crippen molar-refractivity contribution in [3.8, 4) is 0 Å². The third-order valence-corrected chi connectivity index (χ3v) is 20.0. The van der Waals surface area contributed by atoms with Gasteiger partial charge in [0.2, 0.25) is 53.2 Å². The topological polar surface area (TPSA) is 479 Å². The number of carbonyl (C=O) groups excluding carboxylic acids is 13. The summed E-state index contributed by atoms with van der Waals surface area (Å²) in [6.07, 6.45) is -1.77. The number of nitrogens with two attached hydrogens (primary N) is 1. The zero-order valence-corrected chi connectivity index (χ0v) is 76.6. The van der Waals surface area contributed by atoms with E-state index in [1.807, 2.05) is 0 Å². The third-order valence-electron chi connectivity index (χ3n) is 20.0. The second-order valence-electron chi connectivity index (χ2n) is 35.3. The zero-order valence-electron chi connectivity index (χ0n) is 76.6. The van der Waals surface area contributed by atoms with Gasteiger partial charge in [-0.05, 0) is 187 Å². The Morgan fingerprint density at radius 1 is 0.269 bits per heavy atom. The Morgan fingerprint density at radius 3 is 0.685 bits per heavy atom. The SMILES string of the molecule is CC(C)OC(=O)NCCCC[C@H](NC(=O)[C@H](Cc1ccccc1)NC(=O)[C@H](Cc1ccccc1)NC(=O)[C@H](CCCCNC(=O)OC(C)(C)C)NC(=O)[C@H](Cc1ccccc1)NC(=O)[C@H](Cc1ccccc1)NC(=O)[C@H](CCCCNC(=O)OC(C)(C)C)NC(=O)[C@H](Cc1ccccc1)NC(=O)[C@H](Cc1ccccc1)NC(=O)[C@@H](N)CCCCNC(=O)OC(C)(C)C)C(=O)O. The Balaban J connectivity index is 1.34. The summed E-state index contributed by atoms with van der Waals surface area (Å²) in [5.74, 6) is -8.93. The van der Waals surface area contributed by atoms with Crippen LogP contribution in [-0.4, -0.2) is 198 Å². The Hall–Kier alpha value is -12.9. The fraction of sp³-hybridized carbons (Fsp3) is 0.485. The molecule has 0 spiro atoms. The van der Waals surface area contributed by atoms with Crippen LogP contribution in [0.15, 0.2) is 182 Å². The molecule has 13 amide bonds. The van der Waals surface area contributed by atoms with Gasteiger partial charge < -0.3 is 98.9 Å². The van der Waals surface area contributed by atoms with Gasteiger partial charge in [0.25, 0.3) is 0 Å². The number of ether oxygens (including phenoxy) is 4. The standard InChI is InChI=1S/C97H134N14O19/c1-64(2)127-91(123)99-54-37-33-53-74(90(121)122)105-86(117)78(61-68-44-24-15-25-45-68)111-89(120)80(63-70-48-28-17-29-49-70)108-83(114)73(52-32-36-57-102-94(126)130-97(9,10)11)104-85(116)77(60-67-42-22-14-23-43-67)110-88(119)79(62-69-46-26-16-27-47-69)107-82(113)72(51-31-35-56-101-93(125)129-96(6,7)8)103-84(115)76(59-66-40-20-13-21-41-66)109-87(118)75(58-65-38-18-12-19-39-65)106-81(112)71(98)50-30-34-55-100-92(124)128-95(3,4)5/h12-29,38-49,64,71-80H,30-37,50-63,98H2,1-11H3,(H,99,123)(H,100,124)(H,101,125)(H,102,126)(H,103,115)(H,104,116)(H,105,117)(H,106,112)(H,107,113)(H,108,114)(H,109,118)(H,110,119)(H,111,120)(H,121,122)/t71-,72-,73-,74-,75-,76-,77-,78-,79-,80-/m0/s1. The molecule has 6 aromatic carbocycles. The van der Waals surface area contributed by atoms with E-state index in [1.54, 1.807) is 258 Å². The molecule has 33 heteroatoms. The fourth-order valence-electron chi connectivity index (χ4n) is 13.6. The van der Waals surface area contributed by atoms with Crippen molar-refractivity contribution in [3.05, 3.63) is 215 Å². The molecule has 0 aliphatic carbocycles. The first-order chi connectivity index (χ1) is 61.7. The molecule has 16 N–H and O–H groups in total. The molecule has 0 fully saturated rings. The predicted octanol–water partition coefficient (Wildman–Crippen LogP) is 8.61. The molecule has 0 aromatic heterocycles. The van der Waals surface area contributed by atoms with E-state index in [0.717, 1.165) is 0 Å². The van der Waals surface area contributed by atoms with Gasteiger partial charge in [0.15, 0.2) is 0 Å². The second-order valence-corrected chi connectivity index (χ2v) is 35.3. The van der Waals surface area contributed by atoms with Crippen LogP contribution >= 0.6 is 0 Å². The van der Waals surface area contributed by atoms with Gasteiger partial charge in [0.1, 0.15) is 71.2 Å². The first-order valence-electron chi connectivity index (χ1n) is 44.6. The number of hydrogen-bond acceptors (Lipinski definition) is 19. The maximum Gasteiger partial charge on any atom is 0.407 e. The van der Waals surface area contributed by atoms with Crippen molar-refractivity contribution in [2.24, 2.45) is 5.73 Å². The summed E-state index contributed by atoms with van der Waals surface area (Å²) in [4.78, 5) is 199. The average molecular weight is 1800 g/mol. The highest BCUT2D eigenvalue weighted by molar-refractivity contribution is 5.99. The van der Waals surface area contributed by atoms with E-state index in [0.29, 0.717) is 52.6 Å². The molecule has 0 aliphatic heterocycles. The van der Waals surface area contributed by atoms with Crippen LogP contribution in [0.3, 0.4) is 0 Å². The number of rotatable bonds is 52. The van der Waals surface area contributed by atoms with Crippen molar-refractivity contribution in [2.45, 2.75) is 275 Å².